The van der Waals surface area contributed by atoms with Gasteiger partial charge < -0.3 is 15.4 Å². The maximum Gasteiger partial charge on any atom is 0.212 e. The maximum atomic E-state index is 9.64. The second-order valence-electron chi connectivity index (χ2n) is 8.82. The van der Waals surface area contributed by atoms with Gasteiger partial charge in [-0.05, 0) is 17.7 Å². The standard InChI is InChI=1S/C27H28N10O/c1-30-14-21(11-28)23-18-37-27(22(12-29)16-33-37)26(34-23)20-4-5-24(31-15-20)36-9-7-35(8-10-36)17-19-3-6-25(38-2)32-13-19/h3-6,11,13-16,18H,7-10,17,28H2,1-2H3. The smallest absolute Gasteiger partial charge is 0.212 e. The Kier molecular flexibility index (Phi) is 7.24. The number of nitriles is 1. The van der Waals surface area contributed by atoms with Crippen molar-refractivity contribution >= 4 is 23.1 Å². The number of anilines is 1. The topological polar surface area (TPSA) is 134 Å². The maximum absolute atomic E-state index is 9.64. The third-order valence-electron chi connectivity index (χ3n) is 6.49. The zero-order chi connectivity index (χ0) is 26.5. The summed E-state index contributed by atoms with van der Waals surface area (Å²) in [4.78, 5) is 22.6. The Morgan fingerprint density at radius 2 is 1.97 bits per heavy atom. The van der Waals surface area contributed by atoms with E-state index in [-0.39, 0.29) is 0 Å². The zero-order valence-electron chi connectivity index (χ0n) is 21.3. The predicted molar refractivity (Wildman–Crippen MR) is 146 cm³/mol. The number of pyridine rings is 2. The lowest BCUT2D eigenvalue weighted by Crippen LogP contribution is -2.46. The van der Waals surface area contributed by atoms with Crippen molar-refractivity contribution in [1.82, 2.24) is 29.5 Å². The third-order valence-corrected chi connectivity index (χ3v) is 6.49. The molecule has 192 valence electrons. The minimum absolute atomic E-state index is 0.439. The number of rotatable bonds is 7. The van der Waals surface area contributed by atoms with E-state index in [4.69, 9.17) is 20.4 Å². The predicted octanol–water partition coefficient (Wildman–Crippen LogP) is 2.39. The first-order chi connectivity index (χ1) is 18.6. The van der Waals surface area contributed by atoms with Crippen molar-refractivity contribution in [2.45, 2.75) is 6.54 Å². The fraction of sp³-hybridized carbons (Fsp3) is 0.259. The van der Waals surface area contributed by atoms with E-state index in [1.54, 1.807) is 37.3 Å². The number of ether oxygens (including phenoxy) is 1. The number of nitrogens with two attached hydrogens (primary N) is 1. The molecule has 2 N–H and O–H groups in total. The Bertz CT molecular complexity index is 1510. The highest BCUT2D eigenvalue weighted by Crippen LogP contribution is 2.28. The molecule has 4 aromatic heterocycles. The molecule has 0 aromatic carbocycles. The highest BCUT2D eigenvalue weighted by molar-refractivity contribution is 6.09. The Balaban J connectivity index is 1.34. The molecule has 11 nitrogen and oxygen atoms in total. The first kappa shape index (κ1) is 24.9. The Hall–Kier alpha value is -4.82. The number of fused-ring (bicyclic) bond motifs is 1. The zero-order valence-corrected chi connectivity index (χ0v) is 21.3. The van der Waals surface area contributed by atoms with Crippen LogP contribution >= 0.6 is 0 Å². The van der Waals surface area contributed by atoms with Crippen LogP contribution in [0.1, 0.15) is 16.8 Å². The first-order valence-electron chi connectivity index (χ1n) is 12.2. The van der Waals surface area contributed by atoms with Gasteiger partial charge in [0.1, 0.15) is 23.0 Å². The first-order valence-corrected chi connectivity index (χ1v) is 12.2. The van der Waals surface area contributed by atoms with Gasteiger partial charge in [-0.25, -0.2) is 19.5 Å². The highest BCUT2D eigenvalue weighted by Gasteiger charge is 2.20. The number of aromatic nitrogens is 5. The van der Waals surface area contributed by atoms with E-state index in [1.165, 1.54) is 12.4 Å². The summed E-state index contributed by atoms with van der Waals surface area (Å²) in [7, 11) is 3.29. The molecule has 11 heteroatoms. The van der Waals surface area contributed by atoms with E-state index < -0.39 is 0 Å². The van der Waals surface area contributed by atoms with Gasteiger partial charge in [0.15, 0.2) is 0 Å². The van der Waals surface area contributed by atoms with Crippen molar-refractivity contribution in [3.05, 3.63) is 72.1 Å². The fourth-order valence-corrected chi connectivity index (χ4v) is 4.50. The highest BCUT2D eigenvalue weighted by atomic mass is 16.5. The lowest BCUT2D eigenvalue weighted by Gasteiger charge is -2.35. The van der Waals surface area contributed by atoms with Crippen molar-refractivity contribution in [3.63, 3.8) is 0 Å². The lowest BCUT2D eigenvalue weighted by molar-refractivity contribution is 0.249. The van der Waals surface area contributed by atoms with Crippen LogP contribution in [-0.2, 0) is 6.54 Å². The van der Waals surface area contributed by atoms with Gasteiger partial charge in [0.2, 0.25) is 5.88 Å². The van der Waals surface area contributed by atoms with E-state index >= 15 is 0 Å². The molecule has 0 bridgehead atoms. The molecule has 1 aliphatic heterocycles. The SMILES string of the molecule is CN=CC(=CN)c1cn2ncc(C#N)c2c(-c2ccc(N3CCN(Cc4ccc(OC)nc4)CC3)nc2)n1. The summed E-state index contributed by atoms with van der Waals surface area (Å²) in [5, 5.41) is 14.0. The molecule has 0 atom stereocenters. The van der Waals surface area contributed by atoms with Crippen molar-refractivity contribution in [3.8, 4) is 23.2 Å². The molecule has 1 saturated heterocycles. The Morgan fingerprint density at radius 3 is 2.61 bits per heavy atom. The van der Waals surface area contributed by atoms with Crippen LogP contribution < -0.4 is 15.4 Å². The van der Waals surface area contributed by atoms with E-state index in [0.717, 1.165) is 49.7 Å². The van der Waals surface area contributed by atoms with Crippen LogP contribution in [0.15, 0.2) is 60.2 Å². The summed E-state index contributed by atoms with van der Waals surface area (Å²) in [6, 6.07) is 10.1. The van der Waals surface area contributed by atoms with Crippen LogP contribution in [0.3, 0.4) is 0 Å². The number of aliphatic imine (C=N–C) groups is 1. The van der Waals surface area contributed by atoms with Gasteiger partial charge in [-0.3, -0.25) is 9.89 Å². The van der Waals surface area contributed by atoms with E-state index in [9.17, 15) is 5.26 Å². The van der Waals surface area contributed by atoms with Crippen molar-refractivity contribution in [1.29, 1.82) is 5.26 Å². The summed E-state index contributed by atoms with van der Waals surface area (Å²) in [6.45, 7) is 4.44. The second kappa shape index (κ2) is 11.1. The third kappa shape index (κ3) is 5.02. The quantitative estimate of drug-likeness (QED) is 0.373. The van der Waals surface area contributed by atoms with E-state index in [0.29, 0.717) is 33.9 Å². The molecule has 0 spiro atoms. The van der Waals surface area contributed by atoms with Crippen molar-refractivity contribution in [2.24, 2.45) is 10.7 Å². The average molecular weight is 509 g/mol. The number of piperazine rings is 1. The van der Waals surface area contributed by atoms with Crippen LogP contribution in [0.4, 0.5) is 5.82 Å². The molecule has 0 radical (unpaired) electrons. The number of allylic oxidation sites excluding steroid dienone is 1. The molecular formula is C27H28N10O. The molecule has 1 aliphatic rings. The van der Waals surface area contributed by atoms with Crippen molar-refractivity contribution < 1.29 is 4.74 Å². The second-order valence-corrected chi connectivity index (χ2v) is 8.82. The van der Waals surface area contributed by atoms with Gasteiger partial charge in [-0.15, -0.1) is 0 Å². The minimum atomic E-state index is 0.439. The molecule has 0 unspecified atom stereocenters. The van der Waals surface area contributed by atoms with Gasteiger partial charge >= 0.3 is 0 Å². The van der Waals surface area contributed by atoms with Crippen LogP contribution in [-0.4, -0.2) is 76.0 Å². The summed E-state index contributed by atoms with van der Waals surface area (Å²) in [5.41, 5.74) is 10.7. The summed E-state index contributed by atoms with van der Waals surface area (Å²) in [5.74, 6) is 1.53. The molecule has 5 heterocycles. The number of hydrogen-bond acceptors (Lipinski definition) is 10. The van der Waals surface area contributed by atoms with Gasteiger partial charge in [0, 0.05) is 81.8 Å². The van der Waals surface area contributed by atoms with Crippen LogP contribution in [0.5, 0.6) is 5.88 Å². The van der Waals surface area contributed by atoms with Gasteiger partial charge in [-0.2, -0.15) is 10.4 Å². The molecule has 0 amide bonds. The molecule has 1 fully saturated rings. The molecule has 4 aromatic rings. The van der Waals surface area contributed by atoms with Crippen molar-refractivity contribution in [2.75, 3.05) is 45.2 Å². The number of nitrogens with zero attached hydrogens (tertiary/aromatic N) is 9. The number of hydrogen-bond donors (Lipinski definition) is 1. The summed E-state index contributed by atoms with van der Waals surface area (Å²) < 4.78 is 6.79. The molecule has 5 rings (SSSR count). The molecular weight excluding hydrogens is 480 g/mol. The monoisotopic (exact) mass is 508 g/mol. The molecule has 38 heavy (non-hydrogen) atoms. The fourth-order valence-electron chi connectivity index (χ4n) is 4.50. The largest absolute Gasteiger partial charge is 0.481 e. The van der Waals surface area contributed by atoms with Gasteiger partial charge in [0.25, 0.3) is 0 Å². The summed E-state index contributed by atoms with van der Waals surface area (Å²) in [6.07, 6.45) is 10.0. The lowest BCUT2D eigenvalue weighted by atomic mass is 10.1. The Labute approximate surface area is 220 Å². The molecule has 0 saturated carbocycles. The van der Waals surface area contributed by atoms with E-state index in [1.807, 2.05) is 24.4 Å². The van der Waals surface area contributed by atoms with Gasteiger partial charge in [0.05, 0.1) is 30.9 Å². The average Bonchev–Trinajstić information content (AvgIpc) is 3.39. The normalized spacial score (nSPS) is 14.8. The minimum Gasteiger partial charge on any atom is -0.481 e. The Morgan fingerprint density at radius 1 is 1.13 bits per heavy atom. The molecule has 0 aliphatic carbocycles. The van der Waals surface area contributed by atoms with Crippen LogP contribution in [0, 0.1) is 11.3 Å². The summed E-state index contributed by atoms with van der Waals surface area (Å²) >= 11 is 0. The number of methoxy groups -OCH3 is 1. The van der Waals surface area contributed by atoms with Crippen LogP contribution in [0.2, 0.25) is 0 Å². The van der Waals surface area contributed by atoms with E-state index in [2.05, 4.69) is 37.0 Å². The van der Waals surface area contributed by atoms with Crippen LogP contribution in [0.25, 0.3) is 22.3 Å². The van der Waals surface area contributed by atoms with Gasteiger partial charge in [-0.1, -0.05) is 6.07 Å².